The predicted molar refractivity (Wildman–Crippen MR) is 149 cm³/mol. The van der Waals surface area contributed by atoms with Crippen LogP contribution in [-0.2, 0) is 4.79 Å². The zero-order valence-electron chi connectivity index (χ0n) is 22.3. The number of primary amides is 1. The highest BCUT2D eigenvalue weighted by atomic mass is 19.4. The highest BCUT2D eigenvalue weighted by Crippen LogP contribution is 2.40. The zero-order valence-corrected chi connectivity index (χ0v) is 22.3. The Morgan fingerprint density at radius 2 is 1.83 bits per heavy atom. The lowest BCUT2D eigenvalue weighted by Gasteiger charge is -2.19. The number of carbonyl (C=O) groups excluding carboxylic acids is 1. The van der Waals surface area contributed by atoms with Gasteiger partial charge >= 0.3 is 6.18 Å². The van der Waals surface area contributed by atoms with Crippen molar-refractivity contribution < 1.29 is 27.1 Å². The molecular formula is C30H29F4N5O2. The number of ether oxygens (including phenoxy) is 1. The summed E-state index contributed by atoms with van der Waals surface area (Å²) >= 11 is 0. The maximum Gasteiger partial charge on any atom is 0.393 e. The van der Waals surface area contributed by atoms with Gasteiger partial charge in [-0.15, -0.1) is 0 Å². The number of allylic oxidation sites excluding steroid dienone is 1. The molecule has 4 aromatic rings. The molecule has 0 saturated carbocycles. The van der Waals surface area contributed by atoms with Gasteiger partial charge in [-0.3, -0.25) is 9.89 Å². The molecule has 0 spiro atoms. The minimum atomic E-state index is -4.50. The molecular weight excluding hydrogens is 538 g/mol. The number of halogens is 4. The van der Waals surface area contributed by atoms with Gasteiger partial charge in [-0.1, -0.05) is 42.5 Å². The maximum absolute atomic E-state index is 14.4. The smallest absolute Gasteiger partial charge is 0.393 e. The summed E-state index contributed by atoms with van der Waals surface area (Å²) < 4.78 is 61.7. The number of hydrogen-bond acceptors (Lipinski definition) is 5. The van der Waals surface area contributed by atoms with Crippen molar-refractivity contribution in [2.45, 2.75) is 19.0 Å². The average molecular weight is 568 g/mol. The second-order valence-electron chi connectivity index (χ2n) is 9.44. The molecule has 0 saturated heterocycles. The summed E-state index contributed by atoms with van der Waals surface area (Å²) in [4.78, 5) is 17.1. The summed E-state index contributed by atoms with van der Waals surface area (Å²) in [6.07, 6.45) is -0.575. The quantitative estimate of drug-likeness (QED) is 0.0984. The van der Waals surface area contributed by atoms with Gasteiger partial charge in [0.1, 0.15) is 0 Å². The number of rotatable bonds is 12. The molecule has 2 aromatic heterocycles. The molecule has 0 bridgehead atoms. The van der Waals surface area contributed by atoms with Crippen molar-refractivity contribution in [3.63, 3.8) is 0 Å². The normalized spacial score (nSPS) is 12.7. The summed E-state index contributed by atoms with van der Waals surface area (Å²) in [7, 11) is 1.89. The highest BCUT2D eigenvalue weighted by molar-refractivity contribution is 6.00. The van der Waals surface area contributed by atoms with Crippen molar-refractivity contribution in [2.24, 2.45) is 5.73 Å². The van der Waals surface area contributed by atoms with E-state index < -0.39 is 24.5 Å². The fraction of sp³-hybridized carbons (Fsp3) is 0.233. The molecule has 214 valence electrons. The van der Waals surface area contributed by atoms with E-state index in [0.29, 0.717) is 54.2 Å². The van der Waals surface area contributed by atoms with E-state index in [2.05, 4.69) is 15.2 Å². The minimum Gasteiger partial charge on any atom is -0.478 e. The summed E-state index contributed by atoms with van der Waals surface area (Å²) in [5, 5.41) is 6.32. The second-order valence-corrected chi connectivity index (χ2v) is 9.44. The molecule has 11 heteroatoms. The molecule has 1 amide bonds. The number of pyridine rings is 1. The van der Waals surface area contributed by atoms with Crippen LogP contribution in [0.1, 0.15) is 29.5 Å². The van der Waals surface area contributed by atoms with Crippen LogP contribution >= 0.6 is 0 Å². The Balaban J connectivity index is 1.63. The van der Waals surface area contributed by atoms with Gasteiger partial charge in [0, 0.05) is 30.9 Å². The summed E-state index contributed by atoms with van der Waals surface area (Å²) in [6.45, 7) is 1.61. The van der Waals surface area contributed by atoms with E-state index >= 15 is 0 Å². The predicted octanol–water partition coefficient (Wildman–Crippen LogP) is 5.75. The molecule has 7 nitrogen and oxygen atoms in total. The van der Waals surface area contributed by atoms with Gasteiger partial charge in [-0.25, -0.2) is 4.98 Å². The number of benzene rings is 2. The number of carbonyl (C=O) groups is 1. The maximum atomic E-state index is 14.4. The molecule has 0 atom stereocenters. The standard InChI is InChI=1S/C30H29F4N5O2/c1-39(14-5-9-26(35)40)15-6-16-41-27-13-11-22(19-36-27)28(21-10-12-25-23(17-21)29(31)38-37-25)24(18-30(32,33)34)20-7-3-2-4-8-20/h2-5,7-13,17,19H,6,14-16,18H2,1H3,(H2,35,40)(H,37,38)/b9-5+,28-24-. The molecule has 0 fully saturated rings. The number of nitrogens with zero attached hydrogens (tertiary/aromatic N) is 3. The first-order chi connectivity index (χ1) is 19.6. The Kier molecular flexibility index (Phi) is 9.51. The van der Waals surface area contributed by atoms with E-state index in [1.807, 2.05) is 11.9 Å². The van der Waals surface area contributed by atoms with Gasteiger partial charge in [0.15, 0.2) is 0 Å². The van der Waals surface area contributed by atoms with Crippen LogP contribution < -0.4 is 10.5 Å². The van der Waals surface area contributed by atoms with Crippen LogP contribution in [0.25, 0.3) is 22.0 Å². The molecule has 2 aromatic carbocycles. The lowest BCUT2D eigenvalue weighted by molar-refractivity contribution is -0.123. The van der Waals surface area contributed by atoms with Crippen LogP contribution in [0.3, 0.4) is 0 Å². The Morgan fingerprint density at radius 3 is 2.51 bits per heavy atom. The molecule has 0 aliphatic carbocycles. The van der Waals surface area contributed by atoms with Gasteiger partial charge < -0.3 is 15.4 Å². The number of H-pyrrole nitrogens is 1. The first-order valence-corrected chi connectivity index (χ1v) is 12.8. The zero-order chi connectivity index (χ0) is 29.4. The minimum absolute atomic E-state index is 0.0326. The Labute approximate surface area is 234 Å². The van der Waals surface area contributed by atoms with Crippen molar-refractivity contribution >= 4 is 28.0 Å². The van der Waals surface area contributed by atoms with E-state index in [9.17, 15) is 22.4 Å². The number of fused-ring (bicyclic) bond motifs is 1. The first kappa shape index (κ1) is 29.5. The van der Waals surface area contributed by atoms with E-state index in [1.165, 1.54) is 18.3 Å². The van der Waals surface area contributed by atoms with Crippen molar-refractivity contribution in [3.05, 3.63) is 102 Å². The molecule has 4 rings (SSSR count). The van der Waals surface area contributed by atoms with Crippen molar-refractivity contribution in [3.8, 4) is 5.88 Å². The molecule has 0 aliphatic heterocycles. The molecule has 3 N–H and O–H groups in total. The van der Waals surface area contributed by atoms with Crippen molar-refractivity contribution in [2.75, 3.05) is 26.7 Å². The van der Waals surface area contributed by atoms with E-state index in [-0.39, 0.29) is 16.5 Å². The monoisotopic (exact) mass is 567 g/mol. The molecule has 0 unspecified atom stereocenters. The van der Waals surface area contributed by atoms with E-state index in [1.54, 1.807) is 60.7 Å². The third kappa shape index (κ3) is 8.24. The molecule has 0 radical (unpaired) electrons. The molecule has 2 heterocycles. The van der Waals surface area contributed by atoms with Crippen molar-refractivity contribution in [1.82, 2.24) is 20.1 Å². The van der Waals surface area contributed by atoms with E-state index in [0.717, 1.165) is 0 Å². The summed E-state index contributed by atoms with van der Waals surface area (Å²) in [5.41, 5.74) is 6.96. The van der Waals surface area contributed by atoms with Gasteiger partial charge in [0.05, 0.1) is 23.9 Å². The summed E-state index contributed by atoms with van der Waals surface area (Å²) in [5.74, 6) is -0.856. The lowest BCUT2D eigenvalue weighted by atomic mass is 9.88. The Bertz CT molecular complexity index is 1530. The van der Waals surface area contributed by atoms with Crippen LogP contribution in [0.5, 0.6) is 5.88 Å². The number of aromatic amines is 1. The fourth-order valence-electron chi connectivity index (χ4n) is 4.39. The van der Waals surface area contributed by atoms with Crippen LogP contribution in [-0.4, -0.2) is 58.9 Å². The number of alkyl halides is 3. The number of hydrogen-bond donors (Lipinski definition) is 2. The van der Waals surface area contributed by atoms with Crippen LogP contribution in [0.4, 0.5) is 17.6 Å². The lowest BCUT2D eigenvalue weighted by Crippen LogP contribution is -2.21. The number of nitrogens with two attached hydrogens (primary N) is 1. The Morgan fingerprint density at radius 1 is 1.07 bits per heavy atom. The number of aromatic nitrogens is 3. The first-order valence-electron chi connectivity index (χ1n) is 12.8. The van der Waals surface area contributed by atoms with Crippen LogP contribution in [0, 0.1) is 5.95 Å². The third-order valence-corrected chi connectivity index (χ3v) is 6.26. The summed E-state index contributed by atoms with van der Waals surface area (Å²) in [6, 6.07) is 16.2. The van der Waals surface area contributed by atoms with Crippen LogP contribution in [0.15, 0.2) is 79.0 Å². The highest BCUT2D eigenvalue weighted by Gasteiger charge is 2.31. The van der Waals surface area contributed by atoms with Gasteiger partial charge in [-0.2, -0.15) is 22.7 Å². The number of amides is 1. The Hall–Kier alpha value is -4.51. The molecule has 41 heavy (non-hydrogen) atoms. The van der Waals surface area contributed by atoms with Gasteiger partial charge in [-0.05, 0) is 60.0 Å². The van der Waals surface area contributed by atoms with Gasteiger partial charge in [0.2, 0.25) is 17.7 Å². The second kappa shape index (κ2) is 13.2. The third-order valence-electron chi connectivity index (χ3n) is 6.26. The van der Waals surface area contributed by atoms with Gasteiger partial charge in [0.25, 0.3) is 0 Å². The SMILES string of the molecule is CN(C/C=C/C(N)=O)CCCOc1ccc(/C(=C(/CC(F)(F)F)c2ccccc2)c2ccc3n[nH]c(F)c3c2)cn1. The largest absolute Gasteiger partial charge is 0.478 e. The van der Waals surface area contributed by atoms with E-state index in [4.69, 9.17) is 10.5 Å². The fourth-order valence-corrected chi connectivity index (χ4v) is 4.39. The molecule has 0 aliphatic rings. The number of nitrogens with one attached hydrogen (secondary N) is 1. The number of likely N-dealkylation sites (N-methyl/N-ethyl adjacent to an activating group) is 1. The van der Waals surface area contributed by atoms with Crippen LogP contribution in [0.2, 0.25) is 0 Å². The van der Waals surface area contributed by atoms with Crippen molar-refractivity contribution in [1.29, 1.82) is 0 Å². The average Bonchev–Trinajstić information content (AvgIpc) is 3.31. The topological polar surface area (TPSA) is 97.1 Å².